The molecule has 0 saturated heterocycles. The van der Waals surface area contributed by atoms with Crippen LogP contribution in [0.3, 0.4) is 0 Å². The van der Waals surface area contributed by atoms with Gasteiger partial charge in [0, 0.05) is 17.9 Å². The van der Waals surface area contributed by atoms with Gasteiger partial charge in [0.1, 0.15) is 0 Å². The summed E-state index contributed by atoms with van der Waals surface area (Å²) in [5, 5.41) is 6.31. The van der Waals surface area contributed by atoms with E-state index in [9.17, 15) is 4.79 Å². The number of anilines is 2. The number of benzene rings is 2. The molecule has 0 spiro atoms. The van der Waals surface area contributed by atoms with Gasteiger partial charge in [-0.3, -0.25) is 4.79 Å². The Morgan fingerprint density at radius 3 is 2.33 bits per heavy atom. The first-order valence-electron chi connectivity index (χ1n) is 7.48. The molecule has 110 valence electrons. The Bertz CT molecular complexity index is 608. The summed E-state index contributed by atoms with van der Waals surface area (Å²) in [5.41, 5.74) is 3.59. The van der Waals surface area contributed by atoms with Crippen LogP contribution in [0.25, 0.3) is 0 Å². The fraction of sp³-hybridized carbons (Fsp3) is 0.278. The molecule has 0 bridgehead atoms. The summed E-state index contributed by atoms with van der Waals surface area (Å²) in [6.45, 7) is 5.05. The highest BCUT2D eigenvalue weighted by atomic mass is 16.1. The molecule has 2 rings (SSSR count). The van der Waals surface area contributed by atoms with Crippen molar-refractivity contribution in [2.24, 2.45) is 0 Å². The average molecular weight is 282 g/mol. The van der Waals surface area contributed by atoms with Crippen LogP contribution >= 0.6 is 0 Å². The van der Waals surface area contributed by atoms with Crippen LogP contribution < -0.4 is 10.6 Å². The Labute approximate surface area is 126 Å². The van der Waals surface area contributed by atoms with Gasteiger partial charge in [0.05, 0.1) is 5.56 Å². The normalized spacial score (nSPS) is 10.2. The third kappa shape index (κ3) is 3.85. The van der Waals surface area contributed by atoms with Crippen molar-refractivity contribution < 1.29 is 4.79 Å². The third-order valence-corrected chi connectivity index (χ3v) is 3.38. The molecule has 0 aromatic heterocycles. The van der Waals surface area contributed by atoms with Gasteiger partial charge in [-0.15, -0.1) is 0 Å². The van der Waals surface area contributed by atoms with Crippen molar-refractivity contribution in [2.45, 2.75) is 26.7 Å². The van der Waals surface area contributed by atoms with E-state index in [1.165, 1.54) is 0 Å². The van der Waals surface area contributed by atoms with Crippen LogP contribution in [0.4, 0.5) is 11.4 Å². The van der Waals surface area contributed by atoms with Crippen molar-refractivity contribution in [3.8, 4) is 0 Å². The molecular weight excluding hydrogens is 260 g/mol. The van der Waals surface area contributed by atoms with Gasteiger partial charge >= 0.3 is 0 Å². The quantitative estimate of drug-likeness (QED) is 0.828. The Morgan fingerprint density at radius 1 is 0.952 bits per heavy atom. The minimum atomic E-state index is -0.0740. The number of hydrogen-bond donors (Lipinski definition) is 2. The van der Waals surface area contributed by atoms with Crippen LogP contribution in [0.5, 0.6) is 0 Å². The maximum Gasteiger partial charge on any atom is 0.257 e. The lowest BCUT2D eigenvalue weighted by atomic mass is 10.1. The van der Waals surface area contributed by atoms with E-state index in [4.69, 9.17) is 0 Å². The first-order valence-corrected chi connectivity index (χ1v) is 7.48. The zero-order chi connectivity index (χ0) is 15.1. The molecule has 0 heterocycles. The van der Waals surface area contributed by atoms with E-state index in [1.807, 2.05) is 48.5 Å². The fourth-order valence-corrected chi connectivity index (χ4v) is 2.24. The van der Waals surface area contributed by atoms with Crippen LogP contribution in [0, 0.1) is 0 Å². The molecule has 2 N–H and O–H groups in total. The lowest BCUT2D eigenvalue weighted by Crippen LogP contribution is -2.16. The second-order valence-corrected chi connectivity index (χ2v) is 4.94. The average Bonchev–Trinajstić information content (AvgIpc) is 2.53. The number of nitrogens with one attached hydrogen (secondary N) is 2. The number of carbonyl (C=O) groups is 1. The predicted octanol–water partition coefficient (Wildman–Crippen LogP) is 4.32. The van der Waals surface area contributed by atoms with Gasteiger partial charge < -0.3 is 10.6 Å². The van der Waals surface area contributed by atoms with Gasteiger partial charge in [-0.1, -0.05) is 44.2 Å². The van der Waals surface area contributed by atoms with Crippen molar-refractivity contribution in [1.82, 2.24) is 0 Å². The van der Waals surface area contributed by atoms with Gasteiger partial charge in [0.25, 0.3) is 5.91 Å². The summed E-state index contributed by atoms with van der Waals surface area (Å²) in [6.07, 6.45) is 1.92. The van der Waals surface area contributed by atoms with Crippen LogP contribution in [-0.2, 0) is 6.42 Å². The number of para-hydroxylation sites is 2. The summed E-state index contributed by atoms with van der Waals surface area (Å²) in [6, 6.07) is 15.5. The van der Waals surface area contributed by atoms with E-state index in [1.54, 1.807) is 0 Å². The summed E-state index contributed by atoms with van der Waals surface area (Å²) >= 11 is 0. The molecule has 1 amide bonds. The first-order chi connectivity index (χ1) is 10.3. The van der Waals surface area contributed by atoms with Crippen molar-refractivity contribution in [2.75, 3.05) is 17.2 Å². The topological polar surface area (TPSA) is 41.1 Å². The third-order valence-electron chi connectivity index (χ3n) is 3.38. The predicted molar refractivity (Wildman–Crippen MR) is 89.0 cm³/mol. The molecule has 0 aliphatic heterocycles. The SMILES string of the molecule is CCCNc1ccccc1C(=O)Nc1ccccc1CC. The first kappa shape index (κ1) is 15.1. The van der Waals surface area contributed by atoms with E-state index in [0.29, 0.717) is 5.56 Å². The monoisotopic (exact) mass is 282 g/mol. The molecule has 0 fully saturated rings. The molecule has 2 aromatic carbocycles. The highest BCUT2D eigenvalue weighted by molar-refractivity contribution is 6.08. The molecule has 0 atom stereocenters. The van der Waals surface area contributed by atoms with Gasteiger partial charge in [-0.2, -0.15) is 0 Å². The van der Waals surface area contributed by atoms with Crippen molar-refractivity contribution in [3.63, 3.8) is 0 Å². The molecule has 0 radical (unpaired) electrons. The Morgan fingerprint density at radius 2 is 1.62 bits per heavy atom. The van der Waals surface area contributed by atoms with E-state index in [0.717, 1.165) is 36.3 Å². The van der Waals surface area contributed by atoms with Crippen LogP contribution in [-0.4, -0.2) is 12.5 Å². The van der Waals surface area contributed by atoms with Crippen molar-refractivity contribution in [1.29, 1.82) is 0 Å². The maximum atomic E-state index is 12.5. The minimum Gasteiger partial charge on any atom is -0.384 e. The van der Waals surface area contributed by atoms with Crippen LogP contribution in [0.1, 0.15) is 36.2 Å². The summed E-state index contributed by atoms with van der Waals surface area (Å²) < 4.78 is 0. The molecular formula is C18H22N2O. The van der Waals surface area contributed by atoms with E-state index in [2.05, 4.69) is 24.5 Å². The molecule has 2 aromatic rings. The number of carbonyl (C=O) groups excluding carboxylic acids is 1. The number of hydrogen-bond acceptors (Lipinski definition) is 2. The van der Waals surface area contributed by atoms with E-state index in [-0.39, 0.29) is 5.91 Å². The largest absolute Gasteiger partial charge is 0.384 e. The van der Waals surface area contributed by atoms with Crippen LogP contribution in [0.15, 0.2) is 48.5 Å². The molecule has 0 aliphatic rings. The van der Waals surface area contributed by atoms with Crippen molar-refractivity contribution >= 4 is 17.3 Å². The maximum absolute atomic E-state index is 12.5. The smallest absolute Gasteiger partial charge is 0.257 e. The van der Waals surface area contributed by atoms with Crippen molar-refractivity contribution in [3.05, 3.63) is 59.7 Å². The molecule has 0 aliphatic carbocycles. The van der Waals surface area contributed by atoms with E-state index < -0.39 is 0 Å². The lowest BCUT2D eigenvalue weighted by Gasteiger charge is -2.13. The molecule has 3 nitrogen and oxygen atoms in total. The Balaban J connectivity index is 2.20. The summed E-state index contributed by atoms with van der Waals surface area (Å²) in [5.74, 6) is -0.0740. The van der Waals surface area contributed by atoms with Gasteiger partial charge in [-0.05, 0) is 36.6 Å². The number of amides is 1. The fourth-order valence-electron chi connectivity index (χ4n) is 2.24. The van der Waals surface area contributed by atoms with Gasteiger partial charge in [0.2, 0.25) is 0 Å². The number of aryl methyl sites for hydroxylation is 1. The summed E-state index contributed by atoms with van der Waals surface area (Å²) in [4.78, 5) is 12.5. The zero-order valence-corrected chi connectivity index (χ0v) is 12.6. The number of rotatable bonds is 6. The molecule has 21 heavy (non-hydrogen) atoms. The Hall–Kier alpha value is -2.29. The standard InChI is InChI=1S/C18H22N2O/c1-3-13-19-17-12-8-6-10-15(17)18(21)20-16-11-7-5-9-14(16)4-2/h5-12,19H,3-4,13H2,1-2H3,(H,20,21). The molecule has 3 heteroatoms. The minimum absolute atomic E-state index is 0.0740. The highest BCUT2D eigenvalue weighted by Gasteiger charge is 2.12. The second-order valence-electron chi connectivity index (χ2n) is 4.94. The lowest BCUT2D eigenvalue weighted by molar-refractivity contribution is 0.102. The summed E-state index contributed by atoms with van der Waals surface area (Å²) in [7, 11) is 0. The van der Waals surface area contributed by atoms with Gasteiger partial charge in [-0.25, -0.2) is 0 Å². The van der Waals surface area contributed by atoms with E-state index >= 15 is 0 Å². The van der Waals surface area contributed by atoms with Crippen LogP contribution in [0.2, 0.25) is 0 Å². The molecule has 0 unspecified atom stereocenters. The van der Waals surface area contributed by atoms with Gasteiger partial charge in [0.15, 0.2) is 0 Å². The second kappa shape index (κ2) is 7.48. The zero-order valence-electron chi connectivity index (χ0n) is 12.6. The Kier molecular flexibility index (Phi) is 5.38. The highest BCUT2D eigenvalue weighted by Crippen LogP contribution is 2.20. The molecule has 0 saturated carbocycles.